The zero-order valence-electron chi connectivity index (χ0n) is 20.8. The van der Waals surface area contributed by atoms with Crippen molar-refractivity contribution < 1.29 is 42.0 Å². The number of hydrogen-bond acceptors (Lipinski definition) is 1. The van der Waals surface area contributed by atoms with Crippen LogP contribution in [0.1, 0.15) is 67.7 Å². The molecule has 2 fully saturated rings. The minimum atomic E-state index is -0.182. The van der Waals surface area contributed by atoms with Crippen LogP contribution in [0, 0.1) is 27.7 Å². The van der Waals surface area contributed by atoms with Gasteiger partial charge in [0.25, 0.3) is 5.91 Å². The van der Waals surface area contributed by atoms with E-state index in [4.69, 9.17) is 0 Å². The van der Waals surface area contributed by atoms with Crippen LogP contribution in [0.3, 0.4) is 0 Å². The maximum atomic E-state index is 13.4. The Bertz CT molecular complexity index is 861. The first kappa shape index (κ1) is 27.2. The number of nitrogens with one attached hydrogen (secondary N) is 1. The van der Waals surface area contributed by atoms with Crippen LogP contribution in [-0.2, 0) is 37.5 Å². The molecule has 0 unspecified atom stereocenters. The van der Waals surface area contributed by atoms with Crippen molar-refractivity contribution in [2.24, 2.45) is 0 Å². The third kappa shape index (κ3) is 5.72. The summed E-state index contributed by atoms with van der Waals surface area (Å²) in [5.41, 5.74) is 5.79. The summed E-state index contributed by atoms with van der Waals surface area (Å²) in [6.07, 6.45) is 7.16. The molecule has 1 amide bonds. The Balaban J connectivity index is 0.000000388. The Hall–Kier alpha value is -1.03. The van der Waals surface area contributed by atoms with Crippen molar-refractivity contribution in [2.45, 2.75) is 78.7 Å². The van der Waals surface area contributed by atoms with Crippen LogP contribution in [0.5, 0.6) is 0 Å². The second-order valence-electron chi connectivity index (χ2n) is 9.74. The van der Waals surface area contributed by atoms with Crippen molar-refractivity contribution in [3.8, 4) is 0 Å². The van der Waals surface area contributed by atoms with Gasteiger partial charge in [0.1, 0.15) is 0 Å². The van der Waals surface area contributed by atoms with Gasteiger partial charge < -0.3 is 9.80 Å². The first-order valence-electron chi connectivity index (χ1n) is 12.1. The van der Waals surface area contributed by atoms with Gasteiger partial charge in [0.05, 0.1) is 19.6 Å². The molecule has 0 aromatic heterocycles. The molecule has 32 heavy (non-hydrogen) atoms. The molecule has 0 atom stereocenters. The van der Waals surface area contributed by atoms with Crippen LogP contribution >= 0.6 is 0 Å². The molecule has 1 aliphatic carbocycles. The van der Waals surface area contributed by atoms with Crippen molar-refractivity contribution in [3.63, 3.8) is 0 Å². The molecular weight excluding hydrogens is 469 g/mol. The molecule has 0 spiro atoms. The number of quaternary nitrogens is 1. The first-order chi connectivity index (χ1) is 14.8. The zero-order chi connectivity index (χ0) is 22.5. The minimum Gasteiger partial charge on any atom is -0.320 e. The molecule has 1 aliphatic heterocycles. The predicted molar refractivity (Wildman–Crippen MR) is 131 cm³/mol. The van der Waals surface area contributed by atoms with Gasteiger partial charge in [-0.3, -0.25) is 4.79 Å². The molecule has 2 aromatic carbocycles. The Morgan fingerprint density at radius 1 is 0.875 bits per heavy atom. The summed E-state index contributed by atoms with van der Waals surface area (Å²) >= 11 is 0. The second kappa shape index (κ2) is 11.9. The van der Waals surface area contributed by atoms with Gasteiger partial charge in [0.2, 0.25) is 0 Å². The molecule has 1 radical (unpaired) electrons. The van der Waals surface area contributed by atoms with E-state index in [9.17, 15) is 4.79 Å². The van der Waals surface area contributed by atoms with E-state index in [0.29, 0.717) is 0 Å². The van der Waals surface area contributed by atoms with Crippen molar-refractivity contribution in [2.75, 3.05) is 25.0 Å². The fourth-order valence-electron chi connectivity index (χ4n) is 5.73. The number of likely N-dealkylation sites (tertiary alicyclic amines) is 1. The van der Waals surface area contributed by atoms with Crippen molar-refractivity contribution in [3.05, 3.63) is 64.7 Å². The molecule has 2 aliphatic rings. The number of piperidine rings is 1. The number of aryl methyl sites for hydroxylation is 4. The van der Waals surface area contributed by atoms with E-state index >= 15 is 0 Å². The van der Waals surface area contributed by atoms with Gasteiger partial charge in [0, 0.05) is 51.2 Å². The standard InChI is InChI=1S/C21H32N2O.C7H8.Y/c1-5-23(12-7-6-8-13-23)21(10-9-11-21)20(24)22-19-17(3)14-16(2)15-18(19)4;1-7-5-3-2-4-6-7;/h14-15H,5-13H2,1-4H3;2-6H,1H3;/p+1. The predicted octanol–water partition coefficient (Wildman–Crippen LogP) is 6.49. The molecule has 3 nitrogen and oxygen atoms in total. The number of carbonyl (C=O) groups excluding carboxylic acids is 1. The van der Waals surface area contributed by atoms with Gasteiger partial charge in [0.15, 0.2) is 5.54 Å². The van der Waals surface area contributed by atoms with Crippen LogP contribution in [0.2, 0.25) is 0 Å². The number of anilines is 1. The van der Waals surface area contributed by atoms with Crippen LogP contribution in [0.25, 0.3) is 0 Å². The van der Waals surface area contributed by atoms with E-state index in [1.54, 1.807) is 0 Å². The zero-order valence-corrected chi connectivity index (χ0v) is 23.7. The van der Waals surface area contributed by atoms with Gasteiger partial charge >= 0.3 is 0 Å². The van der Waals surface area contributed by atoms with Gasteiger partial charge in [-0.05, 0) is 71.4 Å². The normalized spacial score (nSPS) is 18.3. The Morgan fingerprint density at radius 3 is 1.84 bits per heavy atom. The molecule has 4 rings (SSSR count). The second-order valence-corrected chi connectivity index (χ2v) is 9.74. The first-order valence-corrected chi connectivity index (χ1v) is 12.1. The number of benzene rings is 2. The summed E-state index contributed by atoms with van der Waals surface area (Å²) in [6.45, 7) is 14.1. The van der Waals surface area contributed by atoms with Crippen LogP contribution in [-0.4, -0.2) is 35.6 Å². The van der Waals surface area contributed by atoms with Crippen LogP contribution in [0.15, 0.2) is 42.5 Å². The number of carbonyl (C=O) groups is 1. The van der Waals surface area contributed by atoms with Gasteiger partial charge in [-0.2, -0.15) is 0 Å². The third-order valence-electron chi connectivity index (χ3n) is 7.64. The van der Waals surface area contributed by atoms with Crippen molar-refractivity contribution in [1.82, 2.24) is 0 Å². The van der Waals surface area contributed by atoms with Crippen molar-refractivity contribution in [1.29, 1.82) is 0 Å². The molecule has 1 saturated carbocycles. The smallest absolute Gasteiger partial charge is 0.285 e. The van der Waals surface area contributed by atoms with E-state index in [2.05, 4.69) is 64.2 Å². The fourth-order valence-corrected chi connectivity index (χ4v) is 5.73. The summed E-state index contributed by atoms with van der Waals surface area (Å²) in [4.78, 5) is 13.4. The van der Waals surface area contributed by atoms with Crippen molar-refractivity contribution >= 4 is 11.6 Å². The Kier molecular flexibility index (Phi) is 10.1. The van der Waals surface area contributed by atoms with Gasteiger partial charge in [-0.25, -0.2) is 0 Å². The fraction of sp³-hybridized carbons (Fsp3) is 0.536. The summed E-state index contributed by atoms with van der Waals surface area (Å²) in [7, 11) is 0. The van der Waals surface area contributed by atoms with E-state index in [0.717, 1.165) is 29.6 Å². The molecule has 1 saturated heterocycles. The molecule has 2 aromatic rings. The number of amides is 1. The largest absolute Gasteiger partial charge is 0.320 e. The van der Waals surface area contributed by atoms with Gasteiger partial charge in [-0.1, -0.05) is 53.6 Å². The number of nitrogens with zero attached hydrogens (tertiary/aromatic N) is 1. The molecular formula is C28H41N2OY+. The van der Waals surface area contributed by atoms with Gasteiger partial charge in [-0.15, -0.1) is 0 Å². The maximum Gasteiger partial charge on any atom is 0.285 e. The number of likely N-dealkylation sites (N-methyl/N-ethyl adjacent to an activating group) is 1. The summed E-state index contributed by atoms with van der Waals surface area (Å²) in [6, 6.07) is 14.6. The minimum absolute atomic E-state index is 0. The summed E-state index contributed by atoms with van der Waals surface area (Å²) < 4.78 is 1.02. The molecule has 1 heterocycles. The monoisotopic (exact) mass is 510 g/mol. The number of rotatable bonds is 4. The maximum absolute atomic E-state index is 13.4. The third-order valence-corrected chi connectivity index (χ3v) is 7.64. The average molecular weight is 511 g/mol. The van der Waals surface area contributed by atoms with E-state index in [1.807, 2.05) is 18.2 Å². The quantitative estimate of drug-likeness (QED) is 0.469. The van der Waals surface area contributed by atoms with Crippen LogP contribution < -0.4 is 5.32 Å². The van der Waals surface area contributed by atoms with Crippen LogP contribution in [0.4, 0.5) is 5.69 Å². The molecule has 0 bridgehead atoms. The molecule has 4 heteroatoms. The summed E-state index contributed by atoms with van der Waals surface area (Å²) in [5, 5.41) is 3.35. The Labute approximate surface area is 220 Å². The average Bonchev–Trinajstić information content (AvgIpc) is 2.71. The Morgan fingerprint density at radius 2 is 1.44 bits per heavy atom. The van der Waals surface area contributed by atoms with E-state index < -0.39 is 0 Å². The SMILES string of the molecule is CC[N+]1(C2(C(=O)Nc3c(C)cc(C)cc3C)CCC2)CCCCC1.Cc1ccccc1.[Y]. The number of hydrogen-bond donors (Lipinski definition) is 1. The van der Waals surface area contributed by atoms with E-state index in [-0.39, 0.29) is 44.2 Å². The molecule has 1 N–H and O–H groups in total. The molecule has 171 valence electrons. The van der Waals surface area contributed by atoms with E-state index in [1.165, 1.54) is 61.0 Å². The summed E-state index contributed by atoms with van der Waals surface area (Å²) in [5.74, 6) is 0.271. The topological polar surface area (TPSA) is 29.1 Å².